The Labute approximate surface area is 135 Å². The van der Waals surface area contributed by atoms with E-state index in [1.165, 1.54) is 20.3 Å². The average molecular weight is 321 g/mol. The first kappa shape index (κ1) is 17.1. The summed E-state index contributed by atoms with van der Waals surface area (Å²) < 4.78 is 10.4. The van der Waals surface area contributed by atoms with Crippen LogP contribution in [0.3, 0.4) is 0 Å². The summed E-state index contributed by atoms with van der Waals surface area (Å²) in [5.41, 5.74) is 5.94. The van der Waals surface area contributed by atoms with Gasteiger partial charge in [-0.3, -0.25) is 9.59 Å². The third kappa shape index (κ3) is 3.92. The number of ether oxygens (including phenoxy) is 2. The maximum atomic E-state index is 12.5. The second kappa shape index (κ2) is 7.32. The second-order valence-corrected chi connectivity index (χ2v) is 5.68. The van der Waals surface area contributed by atoms with Crippen molar-refractivity contribution in [2.45, 2.75) is 25.8 Å². The Morgan fingerprint density at radius 3 is 2.48 bits per heavy atom. The summed E-state index contributed by atoms with van der Waals surface area (Å²) in [6, 6.07) is 3.32. The number of piperidine rings is 1. The summed E-state index contributed by atoms with van der Waals surface area (Å²) in [5, 5.41) is 6.11. The minimum atomic E-state index is -0.639. The molecule has 126 valence electrons. The van der Waals surface area contributed by atoms with Crippen LogP contribution in [0.2, 0.25) is 0 Å². The lowest BCUT2D eigenvalue weighted by atomic mass is 9.92. The molecule has 1 aliphatic heterocycles. The van der Waals surface area contributed by atoms with E-state index in [9.17, 15) is 9.59 Å². The molecule has 2 atom stereocenters. The molecule has 0 unspecified atom stereocenters. The van der Waals surface area contributed by atoms with Gasteiger partial charge in [0.1, 0.15) is 0 Å². The molecule has 4 N–H and O–H groups in total. The van der Waals surface area contributed by atoms with Crippen molar-refractivity contribution >= 4 is 17.5 Å². The smallest absolute Gasteiger partial charge is 0.250 e. The van der Waals surface area contributed by atoms with Crippen molar-refractivity contribution in [2.24, 2.45) is 11.7 Å². The number of primary amides is 1. The fraction of sp³-hybridized carbons (Fsp3) is 0.500. The van der Waals surface area contributed by atoms with Crippen molar-refractivity contribution in [1.29, 1.82) is 0 Å². The van der Waals surface area contributed by atoms with Gasteiger partial charge in [0.2, 0.25) is 5.91 Å². The molecule has 1 aliphatic rings. The predicted octanol–water partition coefficient (Wildman–Crippen LogP) is 1.13. The minimum Gasteiger partial charge on any atom is -0.493 e. The largest absolute Gasteiger partial charge is 0.493 e. The Balaban J connectivity index is 2.26. The molecule has 0 aromatic heterocycles. The highest BCUT2D eigenvalue weighted by atomic mass is 16.5. The maximum Gasteiger partial charge on any atom is 0.250 e. The molecule has 7 nitrogen and oxygen atoms in total. The second-order valence-electron chi connectivity index (χ2n) is 5.68. The summed E-state index contributed by atoms with van der Waals surface area (Å²) in [5.74, 6) is -0.0469. The number of carbonyl (C=O) groups is 2. The molecule has 2 rings (SSSR count). The van der Waals surface area contributed by atoms with Crippen LogP contribution in [-0.2, 0) is 4.79 Å². The number of anilines is 1. The van der Waals surface area contributed by atoms with Gasteiger partial charge in [0.25, 0.3) is 5.91 Å². The van der Waals surface area contributed by atoms with Gasteiger partial charge in [0.15, 0.2) is 11.5 Å². The van der Waals surface area contributed by atoms with Gasteiger partial charge < -0.3 is 25.8 Å². The molecule has 1 heterocycles. The van der Waals surface area contributed by atoms with Gasteiger partial charge in [-0.15, -0.1) is 0 Å². The molecule has 1 saturated heterocycles. The van der Waals surface area contributed by atoms with Crippen molar-refractivity contribution in [1.82, 2.24) is 5.32 Å². The molecule has 1 aromatic carbocycles. The van der Waals surface area contributed by atoms with E-state index in [0.29, 0.717) is 23.2 Å². The van der Waals surface area contributed by atoms with Crippen molar-refractivity contribution in [3.63, 3.8) is 0 Å². The van der Waals surface area contributed by atoms with Crippen molar-refractivity contribution in [3.8, 4) is 11.5 Å². The van der Waals surface area contributed by atoms with Crippen LogP contribution in [0.5, 0.6) is 11.5 Å². The molecule has 1 fully saturated rings. The summed E-state index contributed by atoms with van der Waals surface area (Å²) in [4.78, 5) is 24.1. The molecule has 7 heteroatoms. The Kier molecular flexibility index (Phi) is 5.44. The number of hydrogen-bond donors (Lipinski definition) is 3. The summed E-state index contributed by atoms with van der Waals surface area (Å²) in [6.07, 6.45) is 1.51. The quantitative estimate of drug-likeness (QED) is 0.754. The third-order valence-electron chi connectivity index (χ3n) is 4.04. The van der Waals surface area contributed by atoms with Crippen LogP contribution in [0, 0.1) is 5.92 Å². The van der Waals surface area contributed by atoms with E-state index < -0.39 is 5.91 Å². The van der Waals surface area contributed by atoms with Crippen LogP contribution in [0.25, 0.3) is 0 Å². The highest BCUT2D eigenvalue weighted by Crippen LogP contribution is 2.33. The zero-order valence-corrected chi connectivity index (χ0v) is 13.6. The SMILES string of the molecule is COc1cc(NC(=O)[C@H]2CCN[C@@H](C)C2)c(C(N)=O)cc1OC. The normalized spacial score (nSPS) is 20.7. The first-order valence-corrected chi connectivity index (χ1v) is 7.56. The number of amides is 2. The molecular weight excluding hydrogens is 298 g/mol. The Hall–Kier alpha value is -2.28. The monoisotopic (exact) mass is 321 g/mol. The maximum absolute atomic E-state index is 12.5. The van der Waals surface area contributed by atoms with E-state index in [0.717, 1.165) is 19.4 Å². The summed E-state index contributed by atoms with van der Waals surface area (Å²) in [7, 11) is 2.96. The highest BCUT2D eigenvalue weighted by Gasteiger charge is 2.26. The Bertz CT molecular complexity index is 603. The lowest BCUT2D eigenvalue weighted by Crippen LogP contribution is -2.40. The van der Waals surface area contributed by atoms with E-state index in [1.54, 1.807) is 6.07 Å². The molecular formula is C16H23N3O4. The van der Waals surface area contributed by atoms with Gasteiger partial charge in [0, 0.05) is 18.0 Å². The number of methoxy groups -OCH3 is 2. The van der Waals surface area contributed by atoms with Crippen LogP contribution in [0.1, 0.15) is 30.1 Å². The van der Waals surface area contributed by atoms with E-state index in [-0.39, 0.29) is 17.4 Å². The fourth-order valence-electron chi connectivity index (χ4n) is 2.79. The lowest BCUT2D eigenvalue weighted by molar-refractivity contribution is -0.120. The van der Waals surface area contributed by atoms with Gasteiger partial charge in [-0.2, -0.15) is 0 Å². The molecule has 23 heavy (non-hydrogen) atoms. The Morgan fingerprint density at radius 2 is 1.91 bits per heavy atom. The van der Waals surface area contributed by atoms with Crippen molar-refractivity contribution in [2.75, 3.05) is 26.1 Å². The fourth-order valence-corrected chi connectivity index (χ4v) is 2.79. The highest BCUT2D eigenvalue weighted by molar-refractivity contribution is 6.04. The topological polar surface area (TPSA) is 103 Å². The molecule has 0 spiro atoms. The van der Waals surface area contributed by atoms with Crippen LogP contribution < -0.4 is 25.8 Å². The van der Waals surface area contributed by atoms with Gasteiger partial charge in [0.05, 0.1) is 25.5 Å². The van der Waals surface area contributed by atoms with Crippen molar-refractivity contribution < 1.29 is 19.1 Å². The van der Waals surface area contributed by atoms with Gasteiger partial charge in [-0.05, 0) is 32.4 Å². The van der Waals surface area contributed by atoms with Gasteiger partial charge in [-0.1, -0.05) is 0 Å². The average Bonchev–Trinajstić information content (AvgIpc) is 2.54. The Morgan fingerprint density at radius 1 is 1.26 bits per heavy atom. The molecule has 0 bridgehead atoms. The van der Waals surface area contributed by atoms with Gasteiger partial charge in [-0.25, -0.2) is 0 Å². The minimum absolute atomic E-state index is 0.0972. The predicted molar refractivity (Wildman–Crippen MR) is 86.9 cm³/mol. The van der Waals surface area contributed by atoms with Gasteiger partial charge >= 0.3 is 0 Å². The zero-order valence-electron chi connectivity index (χ0n) is 13.6. The number of nitrogens with two attached hydrogens (primary N) is 1. The van der Waals surface area contributed by atoms with E-state index in [2.05, 4.69) is 10.6 Å². The lowest BCUT2D eigenvalue weighted by Gasteiger charge is -2.27. The number of benzene rings is 1. The van der Waals surface area contributed by atoms with Crippen LogP contribution >= 0.6 is 0 Å². The first-order chi connectivity index (χ1) is 11.0. The van der Waals surface area contributed by atoms with Crippen LogP contribution in [0.4, 0.5) is 5.69 Å². The number of rotatable bonds is 5. The van der Waals surface area contributed by atoms with E-state index >= 15 is 0 Å². The van der Waals surface area contributed by atoms with E-state index in [1.807, 2.05) is 6.92 Å². The molecule has 2 amide bonds. The van der Waals surface area contributed by atoms with E-state index in [4.69, 9.17) is 15.2 Å². The third-order valence-corrected chi connectivity index (χ3v) is 4.04. The summed E-state index contributed by atoms with van der Waals surface area (Å²) in [6.45, 7) is 2.85. The van der Waals surface area contributed by atoms with Crippen LogP contribution in [-0.4, -0.2) is 38.6 Å². The zero-order chi connectivity index (χ0) is 17.0. The number of carbonyl (C=O) groups excluding carboxylic acids is 2. The number of hydrogen-bond acceptors (Lipinski definition) is 5. The first-order valence-electron chi connectivity index (χ1n) is 7.56. The van der Waals surface area contributed by atoms with Crippen molar-refractivity contribution in [3.05, 3.63) is 17.7 Å². The molecule has 1 aromatic rings. The van der Waals surface area contributed by atoms with Crippen LogP contribution in [0.15, 0.2) is 12.1 Å². The molecule has 0 radical (unpaired) electrons. The summed E-state index contributed by atoms with van der Waals surface area (Å²) >= 11 is 0. The molecule has 0 aliphatic carbocycles. The molecule has 0 saturated carbocycles. The number of nitrogens with one attached hydrogen (secondary N) is 2. The standard InChI is InChI=1S/C16H23N3O4/c1-9-6-10(4-5-18-9)16(21)19-12-8-14(23-3)13(22-2)7-11(12)15(17)20/h7-10,18H,4-6H2,1-3H3,(H2,17,20)(H,19,21)/t9-,10-/m0/s1.